The Morgan fingerprint density at radius 3 is 2.32 bits per heavy atom. The largest absolute Gasteiger partial charge is 0.490 e. The summed E-state index contributed by atoms with van der Waals surface area (Å²) in [6.45, 7) is -0.974. The number of hydrogen-bond acceptors (Lipinski definition) is 12. The van der Waals surface area contributed by atoms with Gasteiger partial charge in [-0.05, 0) is 11.6 Å². The summed E-state index contributed by atoms with van der Waals surface area (Å²) >= 11 is 0. The number of aliphatic hydroxyl groups is 2. The van der Waals surface area contributed by atoms with Crippen LogP contribution in [0.2, 0.25) is 0 Å². The van der Waals surface area contributed by atoms with Crippen LogP contribution in [-0.4, -0.2) is 64.0 Å². The summed E-state index contributed by atoms with van der Waals surface area (Å²) in [5.41, 5.74) is -0.243. The highest BCUT2D eigenvalue weighted by Gasteiger charge is 2.58. The molecule has 2 aromatic rings. The number of anilines is 1. The van der Waals surface area contributed by atoms with Crippen molar-refractivity contribution in [2.75, 3.05) is 11.9 Å². The molecule has 2 unspecified atom stereocenters. The standard InChI is InChI=1S/C16H21FN3O14P3/c17-16(23)13(21)11(9-31-36(27,28)34-37(29,30)33-35(24,25)26)32-14(16)20-7-6-12(19-15(20)22)18-8-10-4-2-1-3-5-10/h1-7,11,13-14,21,23H,8-9H2,(H,27,28)(H,29,30)(H,18,19,22)(H2,24,25,26)/t11-,13-,14-,16-/m1/s1. The van der Waals surface area contributed by atoms with Gasteiger partial charge in [-0.2, -0.15) is 13.6 Å². The van der Waals surface area contributed by atoms with E-state index < -0.39 is 60.1 Å². The molecule has 17 nitrogen and oxygen atoms in total. The maximum absolute atomic E-state index is 14.9. The molecule has 6 atom stereocenters. The van der Waals surface area contributed by atoms with E-state index in [4.69, 9.17) is 19.4 Å². The van der Waals surface area contributed by atoms with Crippen LogP contribution in [0.25, 0.3) is 0 Å². The van der Waals surface area contributed by atoms with Crippen LogP contribution >= 0.6 is 23.5 Å². The maximum Gasteiger partial charge on any atom is 0.490 e. The van der Waals surface area contributed by atoms with Gasteiger partial charge in [0.05, 0.1) is 6.61 Å². The van der Waals surface area contributed by atoms with Crippen LogP contribution in [0.4, 0.5) is 10.2 Å². The highest BCUT2D eigenvalue weighted by Crippen LogP contribution is 2.66. The van der Waals surface area contributed by atoms with Crippen LogP contribution in [0, 0.1) is 0 Å². The molecule has 206 valence electrons. The summed E-state index contributed by atoms with van der Waals surface area (Å²) in [4.78, 5) is 51.8. The van der Waals surface area contributed by atoms with E-state index in [1.165, 1.54) is 6.07 Å². The lowest BCUT2D eigenvalue weighted by atomic mass is 10.1. The molecule has 1 aromatic carbocycles. The van der Waals surface area contributed by atoms with Gasteiger partial charge in [-0.1, -0.05) is 30.3 Å². The quantitative estimate of drug-likeness (QED) is 0.171. The summed E-state index contributed by atoms with van der Waals surface area (Å²) in [7, 11) is -17.1. The molecular formula is C16H21FN3O14P3. The van der Waals surface area contributed by atoms with Gasteiger partial charge in [-0.15, -0.1) is 0 Å². The Bertz CT molecular complexity index is 1300. The maximum atomic E-state index is 14.9. The average molecular weight is 591 g/mol. The number of phosphoric acid groups is 3. The Hall–Kier alpha value is -1.88. The number of phosphoric ester groups is 1. The Balaban J connectivity index is 1.67. The third kappa shape index (κ3) is 8.05. The fourth-order valence-electron chi connectivity index (χ4n) is 3.08. The number of halogens is 1. The molecule has 1 saturated heterocycles. The van der Waals surface area contributed by atoms with Crippen molar-refractivity contribution in [1.82, 2.24) is 9.55 Å². The zero-order valence-corrected chi connectivity index (χ0v) is 20.9. The first-order valence-electron chi connectivity index (χ1n) is 9.89. The van der Waals surface area contributed by atoms with E-state index >= 15 is 0 Å². The number of ether oxygens (including phenoxy) is 1. The molecule has 0 aliphatic carbocycles. The van der Waals surface area contributed by atoms with Crippen LogP contribution in [0.1, 0.15) is 11.8 Å². The lowest BCUT2D eigenvalue weighted by Crippen LogP contribution is -2.45. The fourth-order valence-corrected chi connectivity index (χ4v) is 6.11. The van der Waals surface area contributed by atoms with Crippen molar-refractivity contribution in [2.24, 2.45) is 0 Å². The van der Waals surface area contributed by atoms with Gasteiger partial charge in [0.1, 0.15) is 18.0 Å². The first-order valence-corrected chi connectivity index (χ1v) is 14.4. The molecule has 1 aliphatic rings. The first kappa shape index (κ1) is 29.7. The molecule has 0 amide bonds. The monoisotopic (exact) mass is 591 g/mol. The third-order valence-electron chi connectivity index (χ3n) is 4.63. The summed E-state index contributed by atoms with van der Waals surface area (Å²) in [6.07, 6.45) is -5.64. The van der Waals surface area contributed by atoms with Crippen molar-refractivity contribution in [1.29, 1.82) is 0 Å². The molecule has 7 N–H and O–H groups in total. The van der Waals surface area contributed by atoms with Gasteiger partial charge < -0.3 is 39.8 Å². The van der Waals surface area contributed by atoms with Gasteiger partial charge >= 0.3 is 29.2 Å². The number of alkyl halides is 1. The normalized spacial score (nSPS) is 27.4. The molecule has 1 aliphatic heterocycles. The van der Waals surface area contributed by atoms with Gasteiger partial charge in [0.25, 0.3) is 5.85 Å². The summed E-state index contributed by atoms with van der Waals surface area (Å²) in [5.74, 6) is -3.55. The molecule has 0 spiro atoms. The fraction of sp³-hybridized carbons (Fsp3) is 0.375. The molecule has 0 bridgehead atoms. The van der Waals surface area contributed by atoms with Crippen molar-refractivity contribution in [3.63, 3.8) is 0 Å². The van der Waals surface area contributed by atoms with Gasteiger partial charge in [0, 0.05) is 12.7 Å². The number of nitrogens with one attached hydrogen (secondary N) is 1. The Morgan fingerprint density at radius 2 is 1.73 bits per heavy atom. The van der Waals surface area contributed by atoms with Gasteiger partial charge in [-0.3, -0.25) is 9.09 Å². The second-order valence-corrected chi connectivity index (χ2v) is 11.8. The molecule has 21 heteroatoms. The van der Waals surface area contributed by atoms with E-state index in [1.807, 2.05) is 18.2 Å². The molecular weight excluding hydrogens is 570 g/mol. The van der Waals surface area contributed by atoms with E-state index in [2.05, 4.69) is 23.4 Å². The molecule has 2 heterocycles. The van der Waals surface area contributed by atoms with Crippen LogP contribution in [0.15, 0.2) is 47.4 Å². The van der Waals surface area contributed by atoms with E-state index in [0.717, 1.165) is 11.8 Å². The molecule has 37 heavy (non-hydrogen) atoms. The lowest BCUT2D eigenvalue weighted by molar-refractivity contribution is -0.196. The van der Waals surface area contributed by atoms with E-state index in [0.29, 0.717) is 11.1 Å². The van der Waals surface area contributed by atoms with Crippen molar-refractivity contribution >= 4 is 29.3 Å². The first-order chi connectivity index (χ1) is 17.0. The molecule has 0 saturated carbocycles. The summed E-state index contributed by atoms with van der Waals surface area (Å²) < 4.78 is 65.6. The lowest BCUT2D eigenvalue weighted by Gasteiger charge is -2.23. The minimum Gasteiger partial charge on any atom is -0.384 e. The van der Waals surface area contributed by atoms with Gasteiger partial charge in [-0.25, -0.2) is 22.9 Å². The van der Waals surface area contributed by atoms with Crippen LogP contribution in [0.5, 0.6) is 0 Å². The summed E-state index contributed by atoms with van der Waals surface area (Å²) in [6, 6.07) is 10.3. The number of aliphatic hydroxyl groups excluding tert-OH is 1. The van der Waals surface area contributed by atoms with Crippen molar-refractivity contribution in [3.8, 4) is 0 Å². The minimum absolute atomic E-state index is 0.0928. The van der Waals surface area contributed by atoms with Gasteiger partial charge in [0.2, 0.25) is 0 Å². The van der Waals surface area contributed by atoms with Crippen LogP contribution in [0.3, 0.4) is 0 Å². The zero-order chi connectivity index (χ0) is 27.6. The minimum atomic E-state index is -5.82. The molecule has 0 radical (unpaired) electrons. The van der Waals surface area contributed by atoms with Gasteiger partial charge in [0.15, 0.2) is 6.23 Å². The number of benzene rings is 1. The van der Waals surface area contributed by atoms with E-state index in [9.17, 15) is 38.0 Å². The molecule has 1 fully saturated rings. The smallest absolute Gasteiger partial charge is 0.384 e. The molecule has 1 aromatic heterocycles. The van der Waals surface area contributed by atoms with E-state index in [-0.39, 0.29) is 5.82 Å². The van der Waals surface area contributed by atoms with Crippen molar-refractivity contribution in [2.45, 2.75) is 30.8 Å². The second kappa shape index (κ2) is 11.1. The Kier molecular flexibility index (Phi) is 8.89. The summed E-state index contributed by atoms with van der Waals surface area (Å²) in [5, 5.41) is 23.0. The predicted molar refractivity (Wildman–Crippen MR) is 118 cm³/mol. The van der Waals surface area contributed by atoms with Crippen LogP contribution in [-0.2, 0) is 38.1 Å². The average Bonchev–Trinajstić information content (AvgIpc) is 2.98. The molecule has 3 rings (SSSR count). The number of rotatable bonds is 11. The van der Waals surface area contributed by atoms with Crippen molar-refractivity contribution in [3.05, 3.63) is 58.6 Å². The number of aromatic nitrogens is 2. The van der Waals surface area contributed by atoms with Crippen molar-refractivity contribution < 1.29 is 65.8 Å². The third-order valence-corrected chi connectivity index (χ3v) is 8.44. The number of hydrogen-bond donors (Lipinski definition) is 7. The highest BCUT2D eigenvalue weighted by molar-refractivity contribution is 7.66. The SMILES string of the molecule is O=c1nc(NCc2ccccc2)ccn1[C@@H]1O[C@H](COP(=O)(O)OP(=O)(O)OP(=O)(O)O)[C@@H](O)[C@]1(O)F. The Labute approximate surface area is 206 Å². The Morgan fingerprint density at radius 1 is 1.08 bits per heavy atom. The van der Waals surface area contributed by atoms with E-state index in [1.54, 1.807) is 12.1 Å². The van der Waals surface area contributed by atoms with Crippen LogP contribution < -0.4 is 11.0 Å². The zero-order valence-electron chi connectivity index (χ0n) is 18.3. The topological polar surface area (TPSA) is 256 Å². The second-order valence-electron chi connectivity index (χ2n) is 7.43. The highest BCUT2D eigenvalue weighted by atomic mass is 31.3. The number of nitrogens with zero attached hydrogens (tertiary/aromatic N) is 2. The predicted octanol–water partition coefficient (Wildman–Crippen LogP) is 0.115.